The van der Waals surface area contributed by atoms with Crippen LogP contribution in [0.5, 0.6) is 5.75 Å². The van der Waals surface area contributed by atoms with Gasteiger partial charge in [0.05, 0.1) is 7.11 Å². The maximum absolute atomic E-state index is 12.5. The molecule has 8 heteroatoms. The summed E-state index contributed by atoms with van der Waals surface area (Å²) in [6.07, 6.45) is 2.93. The SMILES string of the molecule is CNC(=O)NC1(C=O)CCCC1CNC(=O)c1cc2ccc(OC)cc2[nH]1. The zero-order valence-electron chi connectivity index (χ0n) is 15.4. The molecule has 3 amide bonds. The molecule has 0 bridgehead atoms. The normalized spacial score (nSPS) is 21.6. The van der Waals surface area contributed by atoms with Gasteiger partial charge in [-0.1, -0.05) is 6.42 Å². The van der Waals surface area contributed by atoms with Crippen molar-refractivity contribution in [3.05, 3.63) is 30.0 Å². The largest absolute Gasteiger partial charge is 0.497 e. The summed E-state index contributed by atoms with van der Waals surface area (Å²) in [5.41, 5.74) is 0.303. The van der Waals surface area contributed by atoms with Crippen molar-refractivity contribution >= 4 is 29.1 Å². The first-order valence-corrected chi connectivity index (χ1v) is 8.92. The number of amides is 3. The Hall–Kier alpha value is -3.03. The van der Waals surface area contributed by atoms with Gasteiger partial charge in [0.25, 0.3) is 5.91 Å². The Kier molecular flexibility index (Phi) is 5.34. The number of carbonyl (C=O) groups excluding carboxylic acids is 3. The highest BCUT2D eigenvalue weighted by molar-refractivity contribution is 5.98. The summed E-state index contributed by atoms with van der Waals surface area (Å²) in [6, 6.07) is 6.91. The van der Waals surface area contributed by atoms with E-state index in [9.17, 15) is 14.4 Å². The maximum Gasteiger partial charge on any atom is 0.315 e. The molecule has 2 aromatic rings. The summed E-state index contributed by atoms with van der Waals surface area (Å²) in [6.45, 7) is 0.306. The van der Waals surface area contributed by atoms with Crippen LogP contribution >= 0.6 is 0 Å². The fourth-order valence-corrected chi connectivity index (χ4v) is 3.68. The standard InChI is InChI=1S/C19H24N4O4/c1-20-18(26)23-19(11-24)7-3-4-13(19)10-21-17(25)16-8-12-5-6-14(27-2)9-15(12)22-16/h5-6,8-9,11,13,22H,3-4,7,10H2,1-2H3,(H,21,25)(H2,20,23,26). The van der Waals surface area contributed by atoms with Crippen molar-refractivity contribution < 1.29 is 19.1 Å². The molecule has 3 rings (SSSR count). The van der Waals surface area contributed by atoms with Crippen LogP contribution in [0, 0.1) is 5.92 Å². The monoisotopic (exact) mass is 372 g/mol. The fraction of sp³-hybridized carbons (Fsp3) is 0.421. The summed E-state index contributed by atoms with van der Waals surface area (Å²) in [4.78, 5) is 39.0. The molecule has 1 fully saturated rings. The Morgan fingerprint density at radius 1 is 1.37 bits per heavy atom. The molecule has 144 valence electrons. The minimum absolute atomic E-state index is 0.152. The second-order valence-electron chi connectivity index (χ2n) is 6.80. The van der Waals surface area contributed by atoms with Crippen molar-refractivity contribution in [3.8, 4) is 5.75 Å². The molecule has 2 unspecified atom stereocenters. The zero-order chi connectivity index (χ0) is 19.4. The van der Waals surface area contributed by atoms with Crippen LogP contribution in [0.25, 0.3) is 10.9 Å². The molecule has 1 saturated carbocycles. The van der Waals surface area contributed by atoms with E-state index in [0.29, 0.717) is 24.4 Å². The molecule has 1 aliphatic rings. The van der Waals surface area contributed by atoms with E-state index in [1.807, 2.05) is 18.2 Å². The minimum Gasteiger partial charge on any atom is -0.497 e. The first-order chi connectivity index (χ1) is 13.0. The van der Waals surface area contributed by atoms with Gasteiger partial charge in [0.15, 0.2) is 0 Å². The molecule has 2 atom stereocenters. The number of hydrogen-bond donors (Lipinski definition) is 4. The second kappa shape index (κ2) is 7.69. The van der Waals surface area contributed by atoms with E-state index in [2.05, 4.69) is 20.9 Å². The van der Waals surface area contributed by atoms with Crippen LogP contribution in [0.3, 0.4) is 0 Å². The van der Waals surface area contributed by atoms with Gasteiger partial charge in [-0.15, -0.1) is 0 Å². The van der Waals surface area contributed by atoms with E-state index in [1.54, 1.807) is 13.2 Å². The number of aldehydes is 1. The molecule has 1 aromatic carbocycles. The predicted octanol–water partition coefficient (Wildman–Crippen LogP) is 1.57. The molecule has 1 aromatic heterocycles. The van der Waals surface area contributed by atoms with Gasteiger partial charge in [0, 0.05) is 36.5 Å². The summed E-state index contributed by atoms with van der Waals surface area (Å²) in [7, 11) is 3.09. The summed E-state index contributed by atoms with van der Waals surface area (Å²) < 4.78 is 5.19. The number of benzene rings is 1. The number of urea groups is 1. The van der Waals surface area contributed by atoms with E-state index in [1.165, 1.54) is 7.05 Å². The number of hydrogen-bond acceptors (Lipinski definition) is 4. The Labute approximate surface area is 157 Å². The molecule has 27 heavy (non-hydrogen) atoms. The highest BCUT2D eigenvalue weighted by atomic mass is 16.5. The van der Waals surface area contributed by atoms with E-state index >= 15 is 0 Å². The molecule has 0 radical (unpaired) electrons. The van der Waals surface area contributed by atoms with Crippen LogP contribution in [0.2, 0.25) is 0 Å². The molecule has 1 aliphatic carbocycles. The number of fused-ring (bicyclic) bond motifs is 1. The highest BCUT2D eigenvalue weighted by Crippen LogP contribution is 2.34. The lowest BCUT2D eigenvalue weighted by Crippen LogP contribution is -2.57. The predicted molar refractivity (Wildman–Crippen MR) is 101 cm³/mol. The Bertz CT molecular complexity index is 863. The number of carbonyl (C=O) groups is 3. The van der Waals surface area contributed by atoms with Gasteiger partial charge >= 0.3 is 6.03 Å². The van der Waals surface area contributed by atoms with Crippen LogP contribution in [0.4, 0.5) is 4.79 Å². The van der Waals surface area contributed by atoms with Crippen molar-refractivity contribution in [1.29, 1.82) is 0 Å². The maximum atomic E-state index is 12.5. The van der Waals surface area contributed by atoms with Crippen LogP contribution in [-0.4, -0.2) is 49.4 Å². The number of nitrogens with one attached hydrogen (secondary N) is 4. The van der Waals surface area contributed by atoms with Gasteiger partial charge in [-0.3, -0.25) is 4.79 Å². The summed E-state index contributed by atoms with van der Waals surface area (Å²) >= 11 is 0. The van der Waals surface area contributed by atoms with Gasteiger partial charge in [-0.05, 0) is 31.0 Å². The Balaban J connectivity index is 1.69. The topological polar surface area (TPSA) is 112 Å². The van der Waals surface area contributed by atoms with Gasteiger partial charge in [0.2, 0.25) is 0 Å². The summed E-state index contributed by atoms with van der Waals surface area (Å²) in [5.74, 6) is 0.302. The smallest absolute Gasteiger partial charge is 0.315 e. The van der Waals surface area contributed by atoms with Gasteiger partial charge in [-0.25, -0.2) is 4.79 Å². The zero-order valence-corrected chi connectivity index (χ0v) is 15.4. The highest BCUT2D eigenvalue weighted by Gasteiger charge is 2.44. The van der Waals surface area contributed by atoms with Crippen LogP contribution < -0.4 is 20.7 Å². The molecule has 0 spiro atoms. The lowest BCUT2D eigenvalue weighted by atomic mass is 9.88. The van der Waals surface area contributed by atoms with Crippen molar-refractivity contribution in [2.45, 2.75) is 24.8 Å². The molecular formula is C19H24N4O4. The third-order valence-electron chi connectivity index (χ3n) is 5.24. The molecule has 0 saturated heterocycles. The van der Waals surface area contributed by atoms with Crippen molar-refractivity contribution in [2.75, 3.05) is 20.7 Å². The van der Waals surface area contributed by atoms with Crippen LogP contribution in [-0.2, 0) is 4.79 Å². The number of aromatic nitrogens is 1. The second-order valence-corrected chi connectivity index (χ2v) is 6.80. The van der Waals surface area contributed by atoms with Gasteiger partial charge < -0.3 is 30.5 Å². The van der Waals surface area contributed by atoms with E-state index in [4.69, 9.17) is 4.74 Å². The molecule has 0 aliphatic heterocycles. The van der Waals surface area contributed by atoms with Gasteiger partial charge in [0.1, 0.15) is 23.3 Å². The van der Waals surface area contributed by atoms with E-state index in [-0.39, 0.29) is 11.8 Å². The molecule has 1 heterocycles. The average Bonchev–Trinajstić information content (AvgIpc) is 3.29. The molecular weight excluding hydrogens is 348 g/mol. The fourth-order valence-electron chi connectivity index (χ4n) is 3.68. The average molecular weight is 372 g/mol. The van der Waals surface area contributed by atoms with Crippen LogP contribution in [0.15, 0.2) is 24.3 Å². The molecule has 8 nitrogen and oxygen atoms in total. The first kappa shape index (κ1) is 18.8. The lowest BCUT2D eigenvalue weighted by molar-refractivity contribution is -0.114. The third kappa shape index (κ3) is 3.74. The quantitative estimate of drug-likeness (QED) is 0.577. The number of H-pyrrole nitrogens is 1. The first-order valence-electron chi connectivity index (χ1n) is 8.92. The number of aromatic amines is 1. The Morgan fingerprint density at radius 3 is 2.89 bits per heavy atom. The third-order valence-corrected chi connectivity index (χ3v) is 5.24. The minimum atomic E-state index is -0.943. The van der Waals surface area contributed by atoms with E-state index < -0.39 is 11.6 Å². The summed E-state index contributed by atoms with van der Waals surface area (Å²) in [5, 5.41) is 9.01. The number of rotatable bonds is 6. The number of methoxy groups -OCH3 is 1. The molecule has 4 N–H and O–H groups in total. The van der Waals surface area contributed by atoms with Gasteiger partial charge in [-0.2, -0.15) is 0 Å². The van der Waals surface area contributed by atoms with Crippen molar-refractivity contribution in [1.82, 2.24) is 20.9 Å². The Morgan fingerprint density at radius 2 is 2.19 bits per heavy atom. The number of ether oxygens (including phenoxy) is 1. The van der Waals surface area contributed by atoms with Crippen molar-refractivity contribution in [3.63, 3.8) is 0 Å². The van der Waals surface area contributed by atoms with E-state index in [0.717, 1.165) is 30.0 Å². The van der Waals surface area contributed by atoms with Crippen LogP contribution in [0.1, 0.15) is 29.8 Å². The lowest BCUT2D eigenvalue weighted by Gasteiger charge is -2.31. The van der Waals surface area contributed by atoms with Crippen molar-refractivity contribution in [2.24, 2.45) is 5.92 Å².